The number of aryl methyl sites for hydroxylation is 2. The van der Waals surface area contributed by atoms with Gasteiger partial charge in [-0.2, -0.15) is 0 Å². The maximum absolute atomic E-state index is 14.1. The second kappa shape index (κ2) is 8.13. The van der Waals surface area contributed by atoms with Crippen molar-refractivity contribution in [3.05, 3.63) is 64.5 Å². The van der Waals surface area contributed by atoms with Gasteiger partial charge in [0.1, 0.15) is 5.82 Å². The van der Waals surface area contributed by atoms with Crippen LogP contribution in [0.4, 0.5) is 10.1 Å². The molecule has 2 aromatic carbocycles. The van der Waals surface area contributed by atoms with Crippen LogP contribution in [0.25, 0.3) is 0 Å². The van der Waals surface area contributed by atoms with Crippen molar-refractivity contribution < 1.29 is 18.7 Å². The Bertz CT molecular complexity index is 885. The molecule has 0 radical (unpaired) electrons. The Kier molecular flexibility index (Phi) is 5.82. The molecule has 0 bridgehead atoms. The van der Waals surface area contributed by atoms with Crippen LogP contribution in [-0.2, 0) is 16.0 Å². The molecule has 1 aliphatic rings. The smallest absolute Gasteiger partial charge is 0.337 e. The van der Waals surface area contributed by atoms with Crippen LogP contribution < -0.4 is 4.90 Å². The molecule has 0 aliphatic carbocycles. The zero-order valence-corrected chi connectivity index (χ0v) is 16.8. The first-order chi connectivity index (χ1) is 13.3. The number of esters is 1. The molecule has 4 nitrogen and oxygen atoms in total. The molecule has 0 aromatic heterocycles. The van der Waals surface area contributed by atoms with Crippen LogP contribution in [0.3, 0.4) is 0 Å². The Morgan fingerprint density at radius 2 is 1.86 bits per heavy atom. The lowest BCUT2D eigenvalue weighted by molar-refractivity contribution is -0.124. The molecule has 1 fully saturated rings. The highest BCUT2D eigenvalue weighted by Gasteiger charge is 2.34. The normalized spacial score (nSPS) is 19.6. The molecule has 0 N–H and O–H groups in total. The molecule has 0 spiro atoms. The van der Waals surface area contributed by atoms with Crippen LogP contribution in [-0.4, -0.2) is 25.5 Å². The SMILES string of the molecule is COC(=O)c1cc(C)c(N2C[C@@H](Cc3ccccc3F)C[C@@H](C)C2=O)c(C)c1. The summed E-state index contributed by atoms with van der Waals surface area (Å²) in [4.78, 5) is 26.6. The molecule has 5 heteroatoms. The summed E-state index contributed by atoms with van der Waals surface area (Å²) < 4.78 is 18.9. The van der Waals surface area contributed by atoms with E-state index in [2.05, 4.69) is 0 Å². The van der Waals surface area contributed by atoms with Gasteiger partial charge in [0.05, 0.1) is 12.7 Å². The summed E-state index contributed by atoms with van der Waals surface area (Å²) >= 11 is 0. The van der Waals surface area contributed by atoms with Gasteiger partial charge in [-0.25, -0.2) is 9.18 Å². The van der Waals surface area contributed by atoms with Gasteiger partial charge < -0.3 is 9.64 Å². The van der Waals surface area contributed by atoms with E-state index in [9.17, 15) is 14.0 Å². The first-order valence-corrected chi connectivity index (χ1v) is 9.56. The van der Waals surface area contributed by atoms with Crippen LogP contribution in [0.2, 0.25) is 0 Å². The number of carbonyl (C=O) groups is 2. The molecule has 148 valence electrons. The fraction of sp³-hybridized carbons (Fsp3) is 0.391. The molecule has 0 saturated carbocycles. The van der Waals surface area contributed by atoms with Crippen LogP contribution in [0, 0.1) is 31.5 Å². The van der Waals surface area contributed by atoms with E-state index in [0.717, 1.165) is 23.2 Å². The van der Waals surface area contributed by atoms with Crippen LogP contribution in [0.1, 0.15) is 40.4 Å². The third-order valence-corrected chi connectivity index (χ3v) is 5.46. The van der Waals surface area contributed by atoms with Gasteiger partial charge in [0.2, 0.25) is 5.91 Å². The fourth-order valence-electron chi connectivity index (χ4n) is 4.23. The number of carbonyl (C=O) groups excluding carboxylic acids is 2. The van der Waals surface area contributed by atoms with E-state index in [-0.39, 0.29) is 23.6 Å². The molecule has 28 heavy (non-hydrogen) atoms. The Morgan fingerprint density at radius 1 is 1.21 bits per heavy atom. The molecule has 2 atom stereocenters. The summed E-state index contributed by atoms with van der Waals surface area (Å²) in [6.45, 7) is 6.26. The quantitative estimate of drug-likeness (QED) is 0.733. The third kappa shape index (κ3) is 3.93. The highest BCUT2D eigenvalue weighted by atomic mass is 19.1. The predicted octanol–water partition coefficient (Wildman–Crippen LogP) is 4.46. The van der Waals surface area contributed by atoms with E-state index >= 15 is 0 Å². The first kappa shape index (κ1) is 20.1. The lowest BCUT2D eigenvalue weighted by atomic mass is 9.84. The topological polar surface area (TPSA) is 46.6 Å². The molecular formula is C23H26FNO3. The number of benzene rings is 2. The highest BCUT2D eigenvalue weighted by molar-refractivity contribution is 5.98. The Morgan fingerprint density at radius 3 is 2.46 bits per heavy atom. The summed E-state index contributed by atoms with van der Waals surface area (Å²) in [5.41, 5.74) is 3.70. The van der Waals surface area contributed by atoms with Crippen molar-refractivity contribution >= 4 is 17.6 Å². The Labute approximate surface area is 165 Å². The Balaban J connectivity index is 1.91. The van der Waals surface area contributed by atoms with Gasteiger partial charge in [0.15, 0.2) is 0 Å². The van der Waals surface area contributed by atoms with Crippen molar-refractivity contribution in [2.75, 3.05) is 18.6 Å². The van der Waals surface area contributed by atoms with Gasteiger partial charge in [-0.1, -0.05) is 25.1 Å². The monoisotopic (exact) mass is 383 g/mol. The minimum Gasteiger partial charge on any atom is -0.465 e. The maximum Gasteiger partial charge on any atom is 0.337 e. The molecule has 1 aliphatic heterocycles. The minimum absolute atomic E-state index is 0.0711. The van der Waals surface area contributed by atoms with Gasteiger partial charge in [-0.15, -0.1) is 0 Å². The van der Waals surface area contributed by atoms with Crippen molar-refractivity contribution in [3.8, 4) is 0 Å². The van der Waals surface area contributed by atoms with Crippen molar-refractivity contribution in [2.45, 2.75) is 33.6 Å². The number of methoxy groups -OCH3 is 1. The second-order valence-corrected chi connectivity index (χ2v) is 7.70. The largest absolute Gasteiger partial charge is 0.465 e. The lowest BCUT2D eigenvalue weighted by Crippen LogP contribution is -2.46. The zero-order valence-electron chi connectivity index (χ0n) is 16.8. The van der Waals surface area contributed by atoms with Crippen molar-refractivity contribution in [1.82, 2.24) is 0 Å². The molecule has 1 saturated heterocycles. The fourth-order valence-corrected chi connectivity index (χ4v) is 4.23. The number of ether oxygens (including phenoxy) is 1. The molecule has 3 rings (SSSR count). The summed E-state index contributed by atoms with van der Waals surface area (Å²) in [5, 5.41) is 0. The number of rotatable bonds is 4. The average molecular weight is 383 g/mol. The number of hydrogen-bond acceptors (Lipinski definition) is 3. The highest BCUT2D eigenvalue weighted by Crippen LogP contribution is 2.34. The van der Waals surface area contributed by atoms with Crippen LogP contribution in [0.15, 0.2) is 36.4 Å². The molecule has 0 unspecified atom stereocenters. The van der Waals surface area contributed by atoms with Gasteiger partial charge >= 0.3 is 5.97 Å². The summed E-state index contributed by atoms with van der Waals surface area (Å²) in [6.07, 6.45) is 1.33. The number of piperidine rings is 1. The standard InChI is InChI=1S/C23H26FNO3/c1-14-10-19(23(27)28-4)11-15(2)21(14)25-13-17(9-16(3)22(25)26)12-18-7-5-6-8-20(18)24/h5-8,10-11,16-17H,9,12-13H2,1-4H3/t16-,17-/m1/s1. The van der Waals surface area contributed by atoms with E-state index in [4.69, 9.17) is 4.74 Å². The van der Waals surface area contributed by atoms with Gasteiger partial charge in [0, 0.05) is 18.2 Å². The summed E-state index contributed by atoms with van der Waals surface area (Å²) in [6, 6.07) is 10.3. The second-order valence-electron chi connectivity index (χ2n) is 7.70. The van der Waals surface area contributed by atoms with Gasteiger partial charge in [-0.05, 0) is 67.5 Å². The molecule has 1 amide bonds. The zero-order chi connectivity index (χ0) is 20.4. The predicted molar refractivity (Wildman–Crippen MR) is 107 cm³/mol. The third-order valence-electron chi connectivity index (χ3n) is 5.46. The van der Waals surface area contributed by atoms with Crippen molar-refractivity contribution in [2.24, 2.45) is 11.8 Å². The molecule has 2 aromatic rings. The van der Waals surface area contributed by atoms with E-state index in [0.29, 0.717) is 24.1 Å². The first-order valence-electron chi connectivity index (χ1n) is 9.56. The van der Waals surface area contributed by atoms with Gasteiger partial charge in [-0.3, -0.25) is 4.79 Å². The minimum atomic E-state index is -0.395. The van der Waals surface area contributed by atoms with E-state index < -0.39 is 5.97 Å². The van der Waals surface area contributed by atoms with Gasteiger partial charge in [0.25, 0.3) is 0 Å². The summed E-state index contributed by atoms with van der Waals surface area (Å²) in [7, 11) is 1.35. The van der Waals surface area contributed by atoms with Crippen LogP contribution >= 0.6 is 0 Å². The lowest BCUT2D eigenvalue weighted by Gasteiger charge is -2.38. The number of halogens is 1. The number of amides is 1. The molecule has 1 heterocycles. The number of nitrogens with zero attached hydrogens (tertiary/aromatic N) is 1. The van der Waals surface area contributed by atoms with E-state index in [1.54, 1.807) is 18.2 Å². The molecular weight excluding hydrogens is 357 g/mol. The van der Waals surface area contributed by atoms with Crippen molar-refractivity contribution in [1.29, 1.82) is 0 Å². The Hall–Kier alpha value is -2.69. The van der Waals surface area contributed by atoms with E-state index in [1.165, 1.54) is 13.2 Å². The summed E-state index contributed by atoms with van der Waals surface area (Å²) in [5.74, 6) is -0.489. The van der Waals surface area contributed by atoms with Crippen molar-refractivity contribution in [3.63, 3.8) is 0 Å². The number of hydrogen-bond donors (Lipinski definition) is 0. The maximum atomic E-state index is 14.1. The van der Waals surface area contributed by atoms with Crippen LogP contribution in [0.5, 0.6) is 0 Å². The van der Waals surface area contributed by atoms with E-state index in [1.807, 2.05) is 37.8 Å². The average Bonchev–Trinajstić information content (AvgIpc) is 2.66. The number of anilines is 1.